The van der Waals surface area contributed by atoms with Crippen molar-refractivity contribution in [3.05, 3.63) is 77.5 Å². The Morgan fingerprint density at radius 2 is 1.66 bits per heavy atom. The lowest BCUT2D eigenvalue weighted by atomic mass is 10.1. The molecule has 0 unspecified atom stereocenters. The molecule has 1 aromatic heterocycles. The van der Waals surface area contributed by atoms with Crippen LogP contribution in [-0.4, -0.2) is 21.9 Å². The van der Waals surface area contributed by atoms with Crippen LogP contribution in [0.25, 0.3) is 11.3 Å². The second kappa shape index (κ2) is 8.09. The summed E-state index contributed by atoms with van der Waals surface area (Å²) in [5.41, 5.74) is 0.224. The number of halogens is 3. The normalized spacial score (nSPS) is 11.0. The van der Waals surface area contributed by atoms with Crippen LogP contribution in [0.1, 0.15) is 21.6 Å². The van der Waals surface area contributed by atoms with Crippen molar-refractivity contribution >= 4 is 17.9 Å². The maximum atomic E-state index is 13.2. The van der Waals surface area contributed by atoms with Crippen LogP contribution in [-0.2, 0) is 6.18 Å². The van der Waals surface area contributed by atoms with Gasteiger partial charge in [0.2, 0.25) is 5.95 Å². The van der Waals surface area contributed by atoms with E-state index in [1.807, 2.05) is 5.32 Å². The Balaban J connectivity index is 1.84. The molecule has 0 saturated carbocycles. The third kappa shape index (κ3) is 5.16. The molecule has 3 rings (SSSR count). The van der Waals surface area contributed by atoms with Crippen LogP contribution in [0.4, 0.5) is 23.9 Å². The summed E-state index contributed by atoms with van der Waals surface area (Å²) in [4.78, 5) is 31.5. The van der Waals surface area contributed by atoms with Crippen LogP contribution >= 0.6 is 0 Å². The van der Waals surface area contributed by atoms with Crippen molar-refractivity contribution in [2.24, 2.45) is 0 Å². The monoisotopic (exact) mass is 400 g/mol. The molecule has 2 aromatic carbocycles. The van der Waals surface area contributed by atoms with Gasteiger partial charge in [0.1, 0.15) is 0 Å². The molecule has 3 aromatic rings. The summed E-state index contributed by atoms with van der Waals surface area (Å²) in [5, 5.41) is 4.13. The summed E-state index contributed by atoms with van der Waals surface area (Å²) in [7, 11) is 0. The zero-order chi connectivity index (χ0) is 21.0. The minimum atomic E-state index is -4.74. The highest BCUT2D eigenvalue weighted by molar-refractivity contribution is 6.07. The second-order valence-electron chi connectivity index (χ2n) is 6.10. The van der Waals surface area contributed by atoms with E-state index >= 15 is 0 Å². The van der Waals surface area contributed by atoms with Gasteiger partial charge in [0.05, 0.1) is 5.69 Å². The molecule has 0 bridgehead atoms. The van der Waals surface area contributed by atoms with Crippen molar-refractivity contribution in [3.8, 4) is 11.3 Å². The summed E-state index contributed by atoms with van der Waals surface area (Å²) in [6, 6.07) is 14.4. The molecular weight excluding hydrogens is 385 g/mol. The van der Waals surface area contributed by atoms with E-state index in [9.17, 15) is 22.8 Å². The summed E-state index contributed by atoms with van der Waals surface area (Å²) in [6.45, 7) is 1.78. The number of rotatable bonds is 3. The maximum absolute atomic E-state index is 13.2. The van der Waals surface area contributed by atoms with Crippen molar-refractivity contribution in [1.29, 1.82) is 0 Å². The van der Waals surface area contributed by atoms with Gasteiger partial charge < -0.3 is 0 Å². The Labute approximate surface area is 163 Å². The number of alkyl halides is 3. The number of aryl methyl sites for hydroxylation is 1. The standard InChI is InChI=1S/C20H15F3N4O2/c1-12-6-5-9-14(10-12)17(28)26-19(29)27-18-24-15(13-7-3-2-4-8-13)11-16(25-18)20(21,22)23/h2-11H,1H3,(H2,24,25,26,27,28,29). The quantitative estimate of drug-likeness (QED) is 0.681. The van der Waals surface area contributed by atoms with E-state index in [2.05, 4.69) is 15.3 Å². The van der Waals surface area contributed by atoms with E-state index in [4.69, 9.17) is 0 Å². The third-order valence-electron chi connectivity index (χ3n) is 3.82. The van der Waals surface area contributed by atoms with Crippen LogP contribution in [0, 0.1) is 6.92 Å². The van der Waals surface area contributed by atoms with E-state index in [0.29, 0.717) is 5.56 Å². The number of benzene rings is 2. The molecule has 3 amide bonds. The number of urea groups is 1. The number of nitrogens with one attached hydrogen (secondary N) is 2. The van der Waals surface area contributed by atoms with Gasteiger partial charge in [-0.05, 0) is 25.1 Å². The molecule has 148 valence electrons. The second-order valence-corrected chi connectivity index (χ2v) is 6.10. The summed E-state index contributed by atoms with van der Waals surface area (Å²) in [6.07, 6.45) is -4.74. The van der Waals surface area contributed by atoms with Gasteiger partial charge >= 0.3 is 12.2 Å². The van der Waals surface area contributed by atoms with Crippen molar-refractivity contribution in [2.75, 3.05) is 5.32 Å². The van der Waals surface area contributed by atoms with E-state index < -0.39 is 29.8 Å². The molecule has 0 radical (unpaired) electrons. The van der Waals surface area contributed by atoms with Crippen molar-refractivity contribution in [3.63, 3.8) is 0 Å². The molecule has 0 aliphatic carbocycles. The van der Waals surface area contributed by atoms with Crippen LogP contribution in [0.3, 0.4) is 0 Å². The lowest BCUT2D eigenvalue weighted by Gasteiger charge is -2.11. The molecule has 6 nitrogen and oxygen atoms in total. The highest BCUT2D eigenvalue weighted by Gasteiger charge is 2.34. The summed E-state index contributed by atoms with van der Waals surface area (Å²) < 4.78 is 39.6. The molecule has 0 atom stereocenters. The number of imide groups is 1. The van der Waals surface area contributed by atoms with Crippen LogP contribution < -0.4 is 10.6 Å². The number of aromatic nitrogens is 2. The third-order valence-corrected chi connectivity index (χ3v) is 3.82. The van der Waals surface area contributed by atoms with Crippen LogP contribution in [0.5, 0.6) is 0 Å². The molecule has 0 fully saturated rings. The highest BCUT2D eigenvalue weighted by atomic mass is 19.4. The fourth-order valence-electron chi connectivity index (χ4n) is 2.50. The highest BCUT2D eigenvalue weighted by Crippen LogP contribution is 2.31. The Bertz CT molecular complexity index is 1050. The largest absolute Gasteiger partial charge is 0.433 e. The minimum Gasteiger partial charge on any atom is -0.276 e. The first-order chi connectivity index (χ1) is 13.7. The number of nitrogens with zero attached hydrogens (tertiary/aromatic N) is 2. The molecule has 29 heavy (non-hydrogen) atoms. The summed E-state index contributed by atoms with van der Waals surface area (Å²) >= 11 is 0. The summed E-state index contributed by atoms with van der Waals surface area (Å²) in [5.74, 6) is -1.28. The topological polar surface area (TPSA) is 84.0 Å². The number of carbonyl (C=O) groups is 2. The predicted octanol–water partition coefficient (Wildman–Crippen LogP) is 4.43. The zero-order valence-electron chi connectivity index (χ0n) is 15.1. The smallest absolute Gasteiger partial charge is 0.276 e. The van der Waals surface area contributed by atoms with Gasteiger partial charge in [-0.25, -0.2) is 14.8 Å². The lowest BCUT2D eigenvalue weighted by Crippen LogP contribution is -2.35. The molecule has 0 aliphatic rings. The predicted molar refractivity (Wildman–Crippen MR) is 100 cm³/mol. The molecule has 9 heteroatoms. The van der Waals surface area contributed by atoms with Gasteiger partial charge in [-0.1, -0.05) is 48.0 Å². The first-order valence-corrected chi connectivity index (χ1v) is 8.43. The Hall–Kier alpha value is -3.75. The van der Waals surface area contributed by atoms with Gasteiger partial charge in [0.25, 0.3) is 5.91 Å². The minimum absolute atomic E-state index is 0.0202. The fraction of sp³-hybridized carbons (Fsp3) is 0.100. The van der Waals surface area contributed by atoms with Crippen molar-refractivity contribution < 1.29 is 22.8 Å². The SMILES string of the molecule is Cc1cccc(C(=O)NC(=O)Nc2nc(-c3ccccc3)cc(C(F)(F)F)n2)c1. The Morgan fingerprint density at radius 1 is 0.931 bits per heavy atom. The lowest BCUT2D eigenvalue weighted by molar-refractivity contribution is -0.141. The fourth-order valence-corrected chi connectivity index (χ4v) is 2.50. The van der Waals surface area contributed by atoms with E-state index in [-0.39, 0.29) is 11.3 Å². The Morgan fingerprint density at radius 3 is 2.31 bits per heavy atom. The molecule has 1 heterocycles. The molecule has 0 spiro atoms. The van der Waals surface area contributed by atoms with Gasteiger partial charge in [0, 0.05) is 11.1 Å². The average Bonchev–Trinajstić information content (AvgIpc) is 2.67. The number of hydrogen-bond donors (Lipinski definition) is 2. The van der Waals surface area contributed by atoms with Crippen molar-refractivity contribution in [2.45, 2.75) is 13.1 Å². The van der Waals surface area contributed by atoms with Gasteiger partial charge in [-0.15, -0.1) is 0 Å². The molecule has 2 N–H and O–H groups in total. The van der Waals surface area contributed by atoms with Crippen LogP contribution in [0.2, 0.25) is 0 Å². The van der Waals surface area contributed by atoms with E-state index in [1.165, 1.54) is 6.07 Å². The Kier molecular flexibility index (Phi) is 5.58. The van der Waals surface area contributed by atoms with Gasteiger partial charge in [-0.3, -0.25) is 15.4 Å². The molecule has 0 aliphatic heterocycles. The van der Waals surface area contributed by atoms with E-state index in [1.54, 1.807) is 55.5 Å². The molecule has 0 saturated heterocycles. The zero-order valence-corrected chi connectivity index (χ0v) is 15.1. The van der Waals surface area contributed by atoms with Gasteiger partial charge in [-0.2, -0.15) is 13.2 Å². The molecular formula is C20H15F3N4O2. The maximum Gasteiger partial charge on any atom is 0.433 e. The van der Waals surface area contributed by atoms with Crippen LogP contribution in [0.15, 0.2) is 60.7 Å². The van der Waals surface area contributed by atoms with Gasteiger partial charge in [0.15, 0.2) is 5.69 Å². The first kappa shape index (κ1) is 20.0. The van der Waals surface area contributed by atoms with Crippen molar-refractivity contribution in [1.82, 2.24) is 15.3 Å². The number of amides is 3. The number of carbonyl (C=O) groups excluding carboxylic acids is 2. The van der Waals surface area contributed by atoms with E-state index in [0.717, 1.165) is 11.6 Å². The average molecular weight is 400 g/mol. The number of anilines is 1. The first-order valence-electron chi connectivity index (χ1n) is 8.43. The number of hydrogen-bond acceptors (Lipinski definition) is 4.